The predicted molar refractivity (Wildman–Crippen MR) is 208 cm³/mol. The van der Waals surface area contributed by atoms with Gasteiger partial charge in [0.15, 0.2) is 11.5 Å². The van der Waals surface area contributed by atoms with Crippen molar-refractivity contribution in [3.05, 3.63) is 87.5 Å². The maximum absolute atomic E-state index is 14.0. The van der Waals surface area contributed by atoms with Gasteiger partial charge in [-0.25, -0.2) is 9.97 Å². The summed E-state index contributed by atoms with van der Waals surface area (Å²) >= 11 is 13.8. The average Bonchev–Trinajstić information content (AvgIpc) is 3.82. The van der Waals surface area contributed by atoms with Crippen molar-refractivity contribution in [3.63, 3.8) is 0 Å². The molecule has 2 saturated heterocycles. The van der Waals surface area contributed by atoms with Crippen LogP contribution in [-0.2, 0) is 24.1 Å². The Morgan fingerprint density at radius 3 is 2.32 bits per heavy atom. The second kappa shape index (κ2) is 15.8. The summed E-state index contributed by atoms with van der Waals surface area (Å²) in [5, 5.41) is 30.0. The fourth-order valence-corrected chi connectivity index (χ4v) is 8.51. The number of rotatable bonds is 9. The van der Waals surface area contributed by atoms with Crippen molar-refractivity contribution in [1.29, 1.82) is 0 Å². The number of carboxylic acids is 1. The van der Waals surface area contributed by atoms with E-state index in [2.05, 4.69) is 35.6 Å². The molecule has 3 aliphatic rings. The molecular formula is C39H38Cl2F3N9O4. The molecule has 0 bridgehead atoms. The van der Waals surface area contributed by atoms with Crippen LogP contribution in [0.5, 0.6) is 0 Å². The molecule has 2 aromatic carbocycles. The van der Waals surface area contributed by atoms with E-state index >= 15 is 0 Å². The van der Waals surface area contributed by atoms with E-state index in [9.17, 15) is 33.0 Å². The van der Waals surface area contributed by atoms with Gasteiger partial charge in [0.05, 0.1) is 50.7 Å². The fraction of sp³-hybridized carbons (Fsp3) is 0.385. The number of likely N-dealkylation sites (tertiary alicyclic amines) is 2. The Hall–Kier alpha value is -4.87. The number of aliphatic hydroxyl groups is 1. The molecule has 0 saturated carbocycles. The third-order valence-corrected chi connectivity index (χ3v) is 11.7. The summed E-state index contributed by atoms with van der Waals surface area (Å²) in [5.74, 6) is -3.12. The summed E-state index contributed by atoms with van der Waals surface area (Å²) in [6.45, 7) is 3.48. The molecule has 3 aromatic heterocycles. The Kier molecular flexibility index (Phi) is 10.8. The van der Waals surface area contributed by atoms with Crippen LogP contribution in [0.1, 0.15) is 65.7 Å². The normalized spacial score (nSPS) is 19.5. The summed E-state index contributed by atoms with van der Waals surface area (Å²) in [6.07, 6.45) is -0.214. The lowest BCUT2D eigenvalue weighted by molar-refractivity contribution is -0.145. The van der Waals surface area contributed by atoms with Crippen LogP contribution in [0.2, 0.25) is 10.0 Å². The number of amides is 1. The molecule has 0 unspecified atom stereocenters. The Balaban J connectivity index is 1.03. The minimum Gasteiger partial charge on any atom is -0.481 e. The van der Waals surface area contributed by atoms with Gasteiger partial charge >= 0.3 is 12.1 Å². The number of halogens is 5. The molecule has 0 spiro atoms. The Morgan fingerprint density at radius 1 is 0.912 bits per heavy atom. The van der Waals surface area contributed by atoms with Gasteiger partial charge in [-0.1, -0.05) is 47.5 Å². The van der Waals surface area contributed by atoms with Crippen LogP contribution in [0.4, 0.5) is 30.4 Å². The van der Waals surface area contributed by atoms with E-state index in [1.165, 1.54) is 6.07 Å². The van der Waals surface area contributed by atoms with Crippen LogP contribution in [0.3, 0.4) is 0 Å². The van der Waals surface area contributed by atoms with Crippen molar-refractivity contribution in [1.82, 2.24) is 34.5 Å². The highest BCUT2D eigenvalue weighted by atomic mass is 35.5. The largest absolute Gasteiger partial charge is 0.481 e. The van der Waals surface area contributed by atoms with E-state index in [4.69, 9.17) is 23.2 Å². The summed E-state index contributed by atoms with van der Waals surface area (Å²) in [7, 11) is 0. The van der Waals surface area contributed by atoms with Gasteiger partial charge in [-0.2, -0.15) is 18.3 Å². The maximum Gasteiger partial charge on any atom is 0.451 e. The number of β-amino-alcohol motifs (C(OH)–C–C–N with tert-alkyl or cyclic N) is 1. The molecule has 18 heteroatoms. The lowest BCUT2D eigenvalue weighted by atomic mass is 9.93. The van der Waals surface area contributed by atoms with Gasteiger partial charge in [-0.15, -0.1) is 0 Å². The lowest BCUT2D eigenvalue weighted by Gasteiger charge is -2.38. The summed E-state index contributed by atoms with van der Waals surface area (Å²) in [6, 6.07) is 13.3. The number of aryl methyl sites for hydroxylation is 1. The number of carboxylic acid groups (broad SMARTS) is 1. The molecule has 8 rings (SSSR count). The van der Waals surface area contributed by atoms with E-state index in [1.807, 2.05) is 9.58 Å². The number of aliphatic carboxylic acids is 1. The smallest absolute Gasteiger partial charge is 0.451 e. The van der Waals surface area contributed by atoms with Crippen molar-refractivity contribution >= 4 is 63.3 Å². The number of alkyl halides is 3. The van der Waals surface area contributed by atoms with Crippen LogP contribution >= 0.6 is 23.2 Å². The van der Waals surface area contributed by atoms with Gasteiger partial charge in [-0.05, 0) is 75.0 Å². The second-order valence-corrected chi connectivity index (χ2v) is 15.4. The first-order valence-electron chi connectivity index (χ1n) is 18.7. The molecule has 0 radical (unpaired) electrons. The van der Waals surface area contributed by atoms with Crippen LogP contribution in [0.15, 0.2) is 54.7 Å². The van der Waals surface area contributed by atoms with Gasteiger partial charge in [-0.3, -0.25) is 29.1 Å². The number of aromatic nitrogens is 5. The number of hydrogen-bond donors (Lipinski definition) is 4. The first kappa shape index (κ1) is 39.0. The first-order chi connectivity index (χ1) is 27.3. The molecule has 5 aromatic rings. The van der Waals surface area contributed by atoms with Gasteiger partial charge in [0.2, 0.25) is 5.82 Å². The molecule has 4 N–H and O–H groups in total. The molecular weight excluding hydrogens is 786 g/mol. The quantitative estimate of drug-likeness (QED) is 0.117. The number of hydrogen-bond acceptors (Lipinski definition) is 10. The summed E-state index contributed by atoms with van der Waals surface area (Å²) < 4.78 is 44.0. The van der Waals surface area contributed by atoms with Crippen molar-refractivity contribution in [2.75, 3.05) is 36.8 Å². The topological polar surface area (TPSA) is 162 Å². The van der Waals surface area contributed by atoms with Gasteiger partial charge in [0, 0.05) is 43.5 Å². The SMILES string of the molecule is O=C(Nc1cccc(-c2cccc(Nc3nc(C(F)(F)F)nc4cc(CN5CC[C@@H](O)C5)cnc34)c2Cl)c1Cl)c1cc2n(n1)CCC[C@@H]2N1CCC(C(=O)O)CC1. The molecule has 13 nitrogen and oxygen atoms in total. The van der Waals surface area contributed by atoms with Gasteiger partial charge < -0.3 is 20.8 Å². The van der Waals surface area contributed by atoms with Crippen molar-refractivity contribution in [2.45, 2.75) is 63.5 Å². The number of carbonyl (C=O) groups is 2. The minimum absolute atomic E-state index is 0.00899. The van der Waals surface area contributed by atoms with Crippen molar-refractivity contribution < 1.29 is 33.0 Å². The number of carbonyl (C=O) groups excluding carboxylic acids is 1. The van der Waals surface area contributed by atoms with E-state index in [1.54, 1.807) is 48.7 Å². The van der Waals surface area contributed by atoms with E-state index < -0.39 is 30.0 Å². The van der Waals surface area contributed by atoms with Gasteiger partial charge in [0.1, 0.15) is 5.52 Å². The monoisotopic (exact) mass is 823 g/mol. The zero-order valence-electron chi connectivity index (χ0n) is 30.4. The third kappa shape index (κ3) is 8.14. The molecule has 1 amide bonds. The number of piperidine rings is 1. The molecule has 298 valence electrons. The second-order valence-electron chi connectivity index (χ2n) is 14.7. The maximum atomic E-state index is 14.0. The van der Waals surface area contributed by atoms with Crippen LogP contribution < -0.4 is 10.6 Å². The minimum atomic E-state index is -4.85. The number of fused-ring (bicyclic) bond motifs is 2. The Bertz CT molecular complexity index is 2350. The Labute approximate surface area is 334 Å². The summed E-state index contributed by atoms with van der Waals surface area (Å²) in [4.78, 5) is 41.4. The van der Waals surface area contributed by atoms with Crippen molar-refractivity contribution in [2.24, 2.45) is 5.92 Å². The van der Waals surface area contributed by atoms with Crippen molar-refractivity contribution in [3.8, 4) is 11.1 Å². The van der Waals surface area contributed by atoms with Crippen LogP contribution in [0, 0.1) is 5.92 Å². The molecule has 3 aliphatic heterocycles. The zero-order valence-corrected chi connectivity index (χ0v) is 31.9. The fourth-order valence-electron chi connectivity index (χ4n) is 7.96. The third-order valence-electron chi connectivity index (χ3n) is 10.8. The predicted octanol–water partition coefficient (Wildman–Crippen LogP) is 7.41. The molecule has 0 aliphatic carbocycles. The number of benzene rings is 2. The zero-order chi connectivity index (χ0) is 40.0. The molecule has 6 heterocycles. The standard InChI is InChI=1S/C39H38Cl2F3N9O4/c40-32-24(4-1-6-26(32)46-35-34-28(48-38(49-35)39(42,43)44)16-21(18-45-34)19-51-13-11-23(54)20-51)25-5-2-7-27(33(25)41)47-36(55)29-17-31-30(8-3-12-53(31)50-29)52-14-9-22(10-15-52)37(56)57/h1-2,4-7,16-18,22-23,30,54H,3,8-15,19-20H2,(H,47,55)(H,56,57)(H,46,48,49)/t23-,30+/m1/s1. The highest BCUT2D eigenvalue weighted by Crippen LogP contribution is 2.42. The molecule has 2 fully saturated rings. The average molecular weight is 825 g/mol. The number of anilines is 3. The number of nitrogens with zero attached hydrogens (tertiary/aromatic N) is 7. The summed E-state index contributed by atoms with van der Waals surface area (Å²) in [5.41, 5.74) is 3.28. The molecule has 2 atom stereocenters. The number of pyridine rings is 1. The van der Waals surface area contributed by atoms with E-state index in [-0.39, 0.29) is 50.2 Å². The van der Waals surface area contributed by atoms with Crippen LogP contribution in [-0.4, -0.2) is 88.9 Å². The highest BCUT2D eigenvalue weighted by Gasteiger charge is 2.36. The first-order valence-corrected chi connectivity index (χ1v) is 19.4. The van der Waals surface area contributed by atoms with Gasteiger partial charge in [0.25, 0.3) is 5.91 Å². The van der Waals surface area contributed by atoms with Crippen LogP contribution in [0.25, 0.3) is 22.2 Å². The Morgan fingerprint density at radius 2 is 1.63 bits per heavy atom. The van der Waals surface area contributed by atoms with E-state index in [0.717, 1.165) is 18.5 Å². The number of aliphatic hydroxyl groups excluding tert-OH is 1. The van der Waals surface area contributed by atoms with E-state index in [0.29, 0.717) is 80.9 Å². The number of nitrogens with one attached hydrogen (secondary N) is 2. The lowest BCUT2D eigenvalue weighted by Crippen LogP contribution is -2.40. The highest BCUT2D eigenvalue weighted by molar-refractivity contribution is 6.39. The molecule has 57 heavy (non-hydrogen) atoms.